The van der Waals surface area contributed by atoms with E-state index in [9.17, 15) is 28.1 Å². The summed E-state index contributed by atoms with van der Waals surface area (Å²) in [6, 6.07) is 13.1. The van der Waals surface area contributed by atoms with Crippen molar-refractivity contribution in [2.75, 3.05) is 19.8 Å². The van der Waals surface area contributed by atoms with Crippen LogP contribution in [0.1, 0.15) is 12.5 Å². The molecule has 11 heteroatoms. The van der Waals surface area contributed by atoms with Crippen LogP contribution in [0.5, 0.6) is 0 Å². The number of nitrogens with one attached hydrogen (secondary N) is 1. The molecule has 0 unspecified atom stereocenters. The van der Waals surface area contributed by atoms with Gasteiger partial charge in [-0.3, -0.25) is 23.9 Å². The van der Waals surface area contributed by atoms with Gasteiger partial charge in [-0.15, -0.1) is 0 Å². The number of carbonyl (C=O) groups is 2. The van der Waals surface area contributed by atoms with Gasteiger partial charge in [0.05, 0.1) is 29.0 Å². The smallest absolute Gasteiger partial charge is 0.325 e. The molecule has 166 valence electrons. The Balaban J connectivity index is 2.10. The van der Waals surface area contributed by atoms with Gasteiger partial charge in [0.1, 0.15) is 6.54 Å². The van der Waals surface area contributed by atoms with E-state index in [1.807, 2.05) is 0 Å². The lowest BCUT2D eigenvalue weighted by molar-refractivity contribution is -0.384. The zero-order valence-electron chi connectivity index (χ0n) is 16.7. The molecule has 10 nitrogen and oxygen atoms in total. The van der Waals surface area contributed by atoms with Crippen molar-refractivity contribution >= 4 is 27.7 Å². The van der Waals surface area contributed by atoms with Gasteiger partial charge in [0.2, 0.25) is 5.91 Å². The third-order valence-corrected chi connectivity index (χ3v) is 5.46. The van der Waals surface area contributed by atoms with Crippen LogP contribution in [0, 0.1) is 16.0 Å². The Morgan fingerprint density at radius 3 is 2.32 bits per heavy atom. The van der Waals surface area contributed by atoms with E-state index in [-0.39, 0.29) is 30.2 Å². The van der Waals surface area contributed by atoms with Crippen LogP contribution in [0.15, 0.2) is 59.5 Å². The second-order valence-corrected chi connectivity index (χ2v) is 8.01. The fourth-order valence-corrected chi connectivity index (χ4v) is 3.56. The molecule has 1 atom stereocenters. The first kappa shape index (κ1) is 24.0. The molecule has 0 bridgehead atoms. The molecule has 1 N–H and O–H groups in total. The van der Waals surface area contributed by atoms with Crippen molar-refractivity contribution in [1.82, 2.24) is 5.32 Å². The lowest BCUT2D eigenvalue weighted by Crippen LogP contribution is -2.38. The predicted molar refractivity (Wildman–Crippen MR) is 110 cm³/mol. The number of benzene rings is 2. The van der Waals surface area contributed by atoms with E-state index in [1.165, 1.54) is 0 Å². The lowest BCUT2D eigenvalue weighted by atomic mass is 9.99. The van der Waals surface area contributed by atoms with E-state index < -0.39 is 39.4 Å². The molecule has 0 heterocycles. The van der Waals surface area contributed by atoms with Crippen molar-refractivity contribution < 1.29 is 31.9 Å². The van der Waals surface area contributed by atoms with Crippen LogP contribution in [0.2, 0.25) is 0 Å². The Morgan fingerprint density at radius 1 is 1.10 bits per heavy atom. The van der Waals surface area contributed by atoms with Crippen LogP contribution in [0.4, 0.5) is 5.69 Å². The fraction of sp³-hybridized carbons (Fsp3) is 0.300. The number of hydrogen-bond donors (Lipinski definition) is 1. The number of rotatable bonds is 11. The lowest BCUT2D eigenvalue weighted by Gasteiger charge is -2.17. The molecule has 2 aromatic rings. The Labute approximate surface area is 179 Å². The average molecular weight is 450 g/mol. The quantitative estimate of drug-likeness (QED) is 0.236. The average Bonchev–Trinajstić information content (AvgIpc) is 2.76. The zero-order chi connectivity index (χ0) is 22.9. The first-order valence-corrected chi connectivity index (χ1v) is 10.7. The van der Waals surface area contributed by atoms with Crippen molar-refractivity contribution in [3.05, 3.63) is 70.3 Å². The maximum absolute atomic E-state index is 12.6. The highest BCUT2D eigenvalue weighted by Gasteiger charge is 2.25. The summed E-state index contributed by atoms with van der Waals surface area (Å²) in [6.45, 7) is 0.962. The molecular weight excluding hydrogens is 428 g/mol. The molecule has 2 aromatic carbocycles. The number of non-ortho nitro benzene ring substituents is 1. The number of amides is 1. The van der Waals surface area contributed by atoms with Crippen molar-refractivity contribution in [1.29, 1.82) is 0 Å². The highest BCUT2D eigenvalue weighted by molar-refractivity contribution is 7.86. The summed E-state index contributed by atoms with van der Waals surface area (Å²) in [5.41, 5.74) is 0.509. The first-order valence-electron chi connectivity index (χ1n) is 9.34. The molecule has 1 amide bonds. The molecule has 0 aliphatic heterocycles. The minimum atomic E-state index is -4.26. The summed E-state index contributed by atoms with van der Waals surface area (Å²) < 4.78 is 34.7. The van der Waals surface area contributed by atoms with Crippen molar-refractivity contribution in [3.8, 4) is 0 Å². The third-order valence-electron chi connectivity index (χ3n) is 4.17. The van der Waals surface area contributed by atoms with E-state index in [0.717, 1.165) is 29.8 Å². The van der Waals surface area contributed by atoms with E-state index >= 15 is 0 Å². The minimum absolute atomic E-state index is 0.165. The van der Waals surface area contributed by atoms with Crippen LogP contribution in [0.25, 0.3) is 0 Å². The summed E-state index contributed by atoms with van der Waals surface area (Å²) in [7, 11) is -4.26. The van der Waals surface area contributed by atoms with Gasteiger partial charge in [0.25, 0.3) is 15.8 Å². The molecule has 0 aliphatic rings. The predicted octanol–water partition coefficient (Wildman–Crippen LogP) is 1.84. The second kappa shape index (κ2) is 11.2. The fourth-order valence-electron chi connectivity index (χ4n) is 2.62. The molecular formula is C20H22N2O8S. The maximum Gasteiger partial charge on any atom is 0.325 e. The Morgan fingerprint density at radius 2 is 1.74 bits per heavy atom. The summed E-state index contributed by atoms with van der Waals surface area (Å²) in [6.07, 6.45) is 0.172. The molecule has 0 aromatic heterocycles. The number of hydrogen-bond acceptors (Lipinski definition) is 8. The van der Waals surface area contributed by atoms with Crippen LogP contribution in [0.3, 0.4) is 0 Å². The number of ether oxygens (including phenoxy) is 1. The summed E-state index contributed by atoms with van der Waals surface area (Å²) in [5, 5.41) is 13.1. The molecule has 0 saturated heterocycles. The number of nitro groups is 1. The number of nitrogens with zero attached hydrogens (tertiary/aromatic N) is 1. The summed E-state index contributed by atoms with van der Waals surface area (Å²) in [5.74, 6) is -2.10. The topological polar surface area (TPSA) is 142 Å². The largest absolute Gasteiger partial charge is 0.465 e. The summed E-state index contributed by atoms with van der Waals surface area (Å²) >= 11 is 0. The van der Waals surface area contributed by atoms with Gasteiger partial charge in [-0.2, -0.15) is 8.42 Å². The van der Waals surface area contributed by atoms with Crippen LogP contribution in [-0.2, 0) is 35.0 Å². The van der Waals surface area contributed by atoms with Gasteiger partial charge < -0.3 is 10.1 Å². The van der Waals surface area contributed by atoms with E-state index in [2.05, 4.69) is 5.32 Å². The van der Waals surface area contributed by atoms with Crippen LogP contribution in [-0.4, -0.2) is 45.0 Å². The van der Waals surface area contributed by atoms with Crippen molar-refractivity contribution in [3.63, 3.8) is 0 Å². The molecule has 0 fully saturated rings. The monoisotopic (exact) mass is 450 g/mol. The zero-order valence-corrected chi connectivity index (χ0v) is 17.5. The van der Waals surface area contributed by atoms with Crippen LogP contribution < -0.4 is 5.32 Å². The van der Waals surface area contributed by atoms with E-state index in [1.54, 1.807) is 37.3 Å². The Kier molecular flexibility index (Phi) is 8.64. The second-order valence-electron chi connectivity index (χ2n) is 6.40. The van der Waals surface area contributed by atoms with Gasteiger partial charge in [0, 0.05) is 12.1 Å². The first-order chi connectivity index (χ1) is 14.7. The summed E-state index contributed by atoms with van der Waals surface area (Å²) in [4.78, 5) is 33.9. The highest BCUT2D eigenvalue weighted by Crippen LogP contribution is 2.19. The highest BCUT2D eigenvalue weighted by atomic mass is 32.2. The SMILES string of the molecule is CCOC(=O)CNC(=O)[C@H](COS(=O)(=O)c1ccc([N+](=O)[O-])cc1)Cc1ccccc1. The Hall–Kier alpha value is -3.31. The third kappa shape index (κ3) is 7.46. The molecule has 0 spiro atoms. The van der Waals surface area contributed by atoms with Gasteiger partial charge >= 0.3 is 5.97 Å². The van der Waals surface area contributed by atoms with E-state index in [4.69, 9.17) is 8.92 Å². The normalized spacial score (nSPS) is 12.0. The van der Waals surface area contributed by atoms with E-state index in [0.29, 0.717) is 0 Å². The molecule has 0 aliphatic carbocycles. The molecule has 0 radical (unpaired) electrons. The van der Waals surface area contributed by atoms with Gasteiger partial charge in [-0.1, -0.05) is 30.3 Å². The number of nitro benzene ring substituents is 1. The molecule has 2 rings (SSSR count). The number of carbonyl (C=O) groups excluding carboxylic acids is 2. The van der Waals surface area contributed by atoms with Gasteiger partial charge in [-0.05, 0) is 31.0 Å². The maximum atomic E-state index is 12.6. The van der Waals surface area contributed by atoms with Gasteiger partial charge in [0.15, 0.2) is 0 Å². The Bertz CT molecular complexity index is 1010. The van der Waals surface area contributed by atoms with Gasteiger partial charge in [-0.25, -0.2) is 0 Å². The van der Waals surface area contributed by atoms with Crippen molar-refractivity contribution in [2.24, 2.45) is 5.92 Å². The van der Waals surface area contributed by atoms with Crippen molar-refractivity contribution in [2.45, 2.75) is 18.2 Å². The minimum Gasteiger partial charge on any atom is -0.465 e. The standard InChI is InChI=1S/C20H22N2O8S/c1-2-29-19(23)13-21-20(24)16(12-15-6-4-3-5-7-15)14-30-31(27,28)18-10-8-17(9-11-18)22(25)26/h3-11,16H,2,12-14H2,1H3,(H,21,24)/t16-/m0/s1. The molecule has 31 heavy (non-hydrogen) atoms. The van der Waals surface area contributed by atoms with Crippen LogP contribution >= 0.6 is 0 Å². The molecule has 0 saturated carbocycles. The number of esters is 1.